The lowest BCUT2D eigenvalue weighted by atomic mass is 9.70. The van der Waals surface area contributed by atoms with Crippen LogP contribution in [0.4, 0.5) is 10.5 Å². The third-order valence-corrected chi connectivity index (χ3v) is 19.2. The summed E-state index contributed by atoms with van der Waals surface area (Å²) in [7, 11) is -0.905. The summed E-state index contributed by atoms with van der Waals surface area (Å²) < 4.78 is 24.0. The molecule has 3 atom stereocenters. The molecular formula is C38H55NO6Si2. The van der Waals surface area contributed by atoms with Crippen molar-refractivity contribution in [2.75, 3.05) is 25.7 Å². The molecule has 3 rings (SSSR count). The molecule has 1 heterocycles. The normalized spacial score (nSPS) is 21.1. The van der Waals surface area contributed by atoms with E-state index in [-0.39, 0.29) is 22.6 Å². The van der Waals surface area contributed by atoms with E-state index in [0.29, 0.717) is 29.0 Å². The van der Waals surface area contributed by atoms with Crippen molar-refractivity contribution in [3.8, 4) is 29.1 Å². The number of methoxy groups -OCH3 is 2. The minimum absolute atomic E-state index is 0.0305. The Labute approximate surface area is 285 Å². The first-order chi connectivity index (χ1) is 21.7. The Morgan fingerprint density at radius 1 is 1.06 bits per heavy atom. The van der Waals surface area contributed by atoms with Crippen LogP contribution < -0.4 is 9.33 Å². The molecule has 0 fully saturated rings. The molecule has 256 valence electrons. The number of anilines is 1. The molecular weight excluding hydrogens is 623 g/mol. The molecule has 1 aromatic carbocycles. The lowest BCUT2D eigenvalue weighted by molar-refractivity contribution is -0.255. The standard InChI is InChI=1S/C38H55NO6Si2/c1-15-23-44-35(41)39-30-22-21-28(45-47(13,14)37(6,7)8)25-29(30)33-32(27(2)26-38(42-9,43-10)34(33)40)31(39)20-18-16-17-19-24-46(11,12)36(3,4)5/h15-17,21-22,25,27,31,34,40H,1,23,26H2,2-14H3/t27-,31-,34+/m0/s1. The third kappa shape index (κ3) is 7.82. The van der Waals surface area contributed by atoms with Gasteiger partial charge in [0.05, 0.1) is 5.69 Å². The van der Waals surface area contributed by atoms with Crippen LogP contribution in [0.5, 0.6) is 5.75 Å². The van der Waals surface area contributed by atoms with E-state index < -0.39 is 40.4 Å². The molecule has 1 aliphatic heterocycles. The zero-order valence-corrected chi connectivity index (χ0v) is 32.8. The number of fused-ring (bicyclic) bond motifs is 2. The Hall–Kier alpha value is -3.06. The summed E-state index contributed by atoms with van der Waals surface area (Å²) in [6.45, 7) is 27.9. The van der Waals surface area contributed by atoms with Crippen LogP contribution in [0.3, 0.4) is 0 Å². The highest BCUT2D eigenvalue weighted by molar-refractivity contribution is 6.87. The van der Waals surface area contributed by atoms with Crippen molar-refractivity contribution in [1.29, 1.82) is 0 Å². The molecule has 2 aliphatic rings. The molecule has 0 saturated heterocycles. The molecule has 0 saturated carbocycles. The Bertz CT molecular complexity index is 1530. The van der Waals surface area contributed by atoms with Gasteiger partial charge in [-0.05, 0) is 70.6 Å². The van der Waals surface area contributed by atoms with Gasteiger partial charge in [-0.1, -0.05) is 92.0 Å². The highest BCUT2D eigenvalue weighted by atomic mass is 28.4. The smallest absolute Gasteiger partial charge is 0.415 e. The van der Waals surface area contributed by atoms with Gasteiger partial charge in [0.1, 0.15) is 32.6 Å². The van der Waals surface area contributed by atoms with Crippen molar-refractivity contribution >= 4 is 33.7 Å². The molecule has 1 aromatic rings. The van der Waals surface area contributed by atoms with Crippen molar-refractivity contribution in [1.82, 2.24) is 0 Å². The van der Waals surface area contributed by atoms with E-state index in [0.717, 1.165) is 5.57 Å². The maximum absolute atomic E-state index is 13.8. The lowest BCUT2D eigenvalue weighted by Gasteiger charge is -2.49. The first-order valence-electron chi connectivity index (χ1n) is 16.3. The zero-order chi connectivity index (χ0) is 35.6. The van der Waals surface area contributed by atoms with Gasteiger partial charge in [0, 0.05) is 26.2 Å². The van der Waals surface area contributed by atoms with Crippen LogP contribution in [0.2, 0.25) is 36.3 Å². The van der Waals surface area contributed by atoms with Crippen LogP contribution >= 0.6 is 0 Å². The molecule has 0 unspecified atom stereocenters. The fourth-order valence-corrected chi connectivity index (χ4v) is 7.22. The van der Waals surface area contributed by atoms with E-state index in [4.69, 9.17) is 18.6 Å². The third-order valence-electron chi connectivity index (χ3n) is 10.3. The summed E-state index contributed by atoms with van der Waals surface area (Å²) >= 11 is 0. The van der Waals surface area contributed by atoms with Crippen molar-refractivity contribution in [2.24, 2.45) is 5.92 Å². The predicted molar refractivity (Wildman–Crippen MR) is 197 cm³/mol. The van der Waals surface area contributed by atoms with Gasteiger partial charge in [-0.15, -0.1) is 5.54 Å². The Morgan fingerprint density at radius 2 is 1.68 bits per heavy atom. The predicted octanol–water partition coefficient (Wildman–Crippen LogP) is 8.34. The summed E-state index contributed by atoms with van der Waals surface area (Å²) in [5.74, 6) is 8.86. The maximum atomic E-state index is 13.8. The largest absolute Gasteiger partial charge is 0.543 e. The Kier molecular flexibility index (Phi) is 11.6. The molecule has 7 nitrogen and oxygen atoms in total. The number of allylic oxidation sites excluding steroid dienone is 2. The van der Waals surface area contributed by atoms with Crippen molar-refractivity contribution < 1.29 is 28.5 Å². The fourth-order valence-electron chi connectivity index (χ4n) is 5.38. The number of aliphatic hydroxyl groups excluding tert-OH is 1. The molecule has 0 bridgehead atoms. The van der Waals surface area contributed by atoms with E-state index >= 15 is 0 Å². The maximum Gasteiger partial charge on any atom is 0.415 e. The number of ether oxygens (including phenoxy) is 3. The van der Waals surface area contributed by atoms with Gasteiger partial charge in [-0.2, -0.15) is 0 Å². The van der Waals surface area contributed by atoms with E-state index in [1.165, 1.54) is 20.3 Å². The van der Waals surface area contributed by atoms with Gasteiger partial charge in [0.15, 0.2) is 5.79 Å². The topological polar surface area (TPSA) is 77.5 Å². The average Bonchev–Trinajstić information content (AvgIpc) is 2.97. The molecule has 47 heavy (non-hydrogen) atoms. The number of carbonyl (C=O) groups excluding carboxylic acids is 1. The number of hydrogen-bond donors (Lipinski definition) is 1. The summed E-state index contributed by atoms with van der Waals surface area (Å²) in [6, 6.07) is 4.91. The number of nitrogens with zero attached hydrogens (tertiary/aromatic N) is 1. The second-order valence-electron chi connectivity index (χ2n) is 15.5. The van der Waals surface area contributed by atoms with Gasteiger partial charge in [-0.25, -0.2) is 4.79 Å². The van der Waals surface area contributed by atoms with Gasteiger partial charge in [-0.3, -0.25) is 4.90 Å². The van der Waals surface area contributed by atoms with E-state index in [1.807, 2.05) is 25.1 Å². The minimum Gasteiger partial charge on any atom is -0.543 e. The van der Waals surface area contributed by atoms with Crippen molar-refractivity contribution in [3.05, 3.63) is 54.1 Å². The monoisotopic (exact) mass is 677 g/mol. The lowest BCUT2D eigenvalue weighted by Crippen LogP contribution is -2.55. The van der Waals surface area contributed by atoms with Crippen LogP contribution in [-0.2, 0) is 14.2 Å². The van der Waals surface area contributed by atoms with Crippen LogP contribution in [0.25, 0.3) is 5.57 Å². The van der Waals surface area contributed by atoms with Crippen LogP contribution in [0.15, 0.2) is 48.6 Å². The molecule has 9 heteroatoms. The summed E-state index contributed by atoms with van der Waals surface area (Å²) in [6.07, 6.45) is 3.66. The summed E-state index contributed by atoms with van der Waals surface area (Å²) in [5, 5.41) is 12.2. The van der Waals surface area contributed by atoms with Crippen LogP contribution in [-0.4, -0.2) is 66.4 Å². The highest BCUT2D eigenvalue weighted by Crippen LogP contribution is 2.52. The SMILES string of the molecule is C=CCOC(=O)N1c2ccc(O[Si](C)(C)C(C)(C)C)cc2C2=C([C@@H](C)CC(OC)(OC)[C@@H]2O)[C@@H]1C#CC=CC#C[Si](C)(C)C(C)(C)C. The second-order valence-corrected chi connectivity index (χ2v) is 25.3. The van der Waals surface area contributed by atoms with Gasteiger partial charge in [0.2, 0.25) is 8.32 Å². The van der Waals surface area contributed by atoms with Crippen LogP contribution in [0.1, 0.15) is 60.5 Å². The fraction of sp³-hybridized carbons (Fsp3) is 0.553. The van der Waals surface area contributed by atoms with E-state index in [9.17, 15) is 9.90 Å². The minimum atomic E-state index is -2.21. The quantitative estimate of drug-likeness (QED) is 0.141. The molecule has 0 aromatic heterocycles. The number of hydrogen-bond acceptors (Lipinski definition) is 6. The molecule has 0 spiro atoms. The second kappa shape index (κ2) is 14.2. The van der Waals surface area contributed by atoms with E-state index in [2.05, 4.69) is 97.6 Å². The number of aliphatic hydroxyl groups is 1. The summed E-state index contributed by atoms with van der Waals surface area (Å²) in [4.78, 5) is 15.4. The molecule has 1 N–H and O–H groups in total. The molecule has 0 radical (unpaired) electrons. The van der Waals surface area contributed by atoms with Gasteiger partial charge >= 0.3 is 6.09 Å². The first kappa shape index (κ1) is 38.4. The number of rotatable bonds is 6. The first-order valence-corrected chi connectivity index (χ1v) is 22.2. The number of benzene rings is 1. The average molecular weight is 678 g/mol. The number of amides is 1. The Balaban J connectivity index is 2.28. The molecule has 1 aliphatic carbocycles. The zero-order valence-electron chi connectivity index (χ0n) is 30.8. The Morgan fingerprint density at radius 3 is 2.23 bits per heavy atom. The number of carbonyl (C=O) groups is 1. The molecule has 1 amide bonds. The van der Waals surface area contributed by atoms with Gasteiger partial charge in [0.25, 0.3) is 0 Å². The van der Waals surface area contributed by atoms with E-state index in [1.54, 1.807) is 17.1 Å². The highest BCUT2D eigenvalue weighted by Gasteiger charge is 2.53. The van der Waals surface area contributed by atoms with Gasteiger partial charge < -0.3 is 23.7 Å². The van der Waals surface area contributed by atoms with Crippen molar-refractivity contribution in [3.63, 3.8) is 0 Å². The van der Waals surface area contributed by atoms with Crippen molar-refractivity contribution in [2.45, 2.75) is 109 Å². The summed E-state index contributed by atoms with van der Waals surface area (Å²) in [5.41, 5.74) is 6.11. The van der Waals surface area contributed by atoms with Crippen LogP contribution in [0, 0.1) is 29.2 Å².